The Hall–Kier alpha value is -3.67. The summed E-state index contributed by atoms with van der Waals surface area (Å²) < 4.78 is 6.09. The van der Waals surface area contributed by atoms with Crippen LogP contribution in [0.25, 0.3) is 0 Å². The van der Waals surface area contributed by atoms with Gasteiger partial charge in [0.1, 0.15) is 17.6 Å². The maximum absolute atomic E-state index is 13.7. The number of aromatic nitrogens is 1. The number of benzene rings is 1. The normalized spacial score (nSPS) is 18.9. The number of hydrogen-bond acceptors (Lipinski definition) is 6. The second kappa shape index (κ2) is 14.0. The van der Waals surface area contributed by atoms with Crippen molar-refractivity contribution in [1.29, 1.82) is 5.41 Å². The van der Waals surface area contributed by atoms with Crippen molar-refractivity contribution in [2.45, 2.75) is 90.8 Å². The lowest BCUT2D eigenvalue weighted by molar-refractivity contribution is -0.149. The van der Waals surface area contributed by atoms with Crippen LogP contribution in [0.2, 0.25) is 5.11 Å². The van der Waals surface area contributed by atoms with Crippen LogP contribution in [-0.2, 0) is 14.3 Å². The van der Waals surface area contributed by atoms with Gasteiger partial charge in [0.25, 0.3) is 0 Å². The Kier molecular flexibility index (Phi) is 11.1. The van der Waals surface area contributed by atoms with Crippen LogP contribution in [0.1, 0.15) is 88.1 Å². The molecule has 1 aromatic heterocycles. The Morgan fingerprint density at radius 3 is 2.30 bits per heavy atom. The maximum atomic E-state index is 13.7. The van der Waals surface area contributed by atoms with Crippen LogP contribution in [0.5, 0.6) is 0 Å². The molecule has 2 fully saturated rings. The summed E-state index contributed by atoms with van der Waals surface area (Å²) in [5.41, 5.74) is 4.01. The summed E-state index contributed by atoms with van der Waals surface area (Å²) >= 11 is 0. The average Bonchev–Trinajstić information content (AvgIpc) is 3.79. The number of hydrogen-bond donors (Lipinski definition) is 3. The molecule has 1 aromatic carbocycles. The molecule has 4 rings (SSSR count). The number of anilines is 3. The summed E-state index contributed by atoms with van der Waals surface area (Å²) in [6.07, 6.45) is 3.11. The van der Waals surface area contributed by atoms with Gasteiger partial charge < -0.3 is 15.2 Å². The van der Waals surface area contributed by atoms with Crippen molar-refractivity contribution in [1.82, 2.24) is 4.98 Å². The molecule has 226 valence electrons. The molecule has 2 aromatic rings. The van der Waals surface area contributed by atoms with E-state index in [0.717, 1.165) is 29.5 Å². The highest BCUT2D eigenvalue weighted by Gasteiger charge is 2.42. The first-order valence-corrected chi connectivity index (χ1v) is 15.1. The van der Waals surface area contributed by atoms with Gasteiger partial charge in [0.05, 0.1) is 40.8 Å². The van der Waals surface area contributed by atoms with Crippen molar-refractivity contribution < 1.29 is 19.4 Å². The van der Waals surface area contributed by atoms with Crippen molar-refractivity contribution in [3.63, 3.8) is 0 Å². The topological polar surface area (TPSA) is 116 Å². The zero-order valence-electron chi connectivity index (χ0n) is 26.9. The Bertz CT molecular complexity index is 1470. The van der Waals surface area contributed by atoms with Crippen molar-refractivity contribution in [2.75, 3.05) is 17.3 Å². The molecule has 11 heteroatoms. The first-order chi connectivity index (χ1) is 20.6. The van der Waals surface area contributed by atoms with Gasteiger partial charge in [0.15, 0.2) is 0 Å². The predicted molar refractivity (Wildman–Crippen MR) is 178 cm³/mol. The molecule has 8 nitrogen and oxygen atoms in total. The number of carboxylic acids is 1. The molecule has 2 aliphatic carbocycles. The number of rotatable bonds is 7. The number of nitrogens with zero attached hydrogens (tertiary/aromatic N) is 2. The zero-order chi connectivity index (χ0) is 33.0. The van der Waals surface area contributed by atoms with Gasteiger partial charge in [-0.1, -0.05) is 38.9 Å². The minimum absolute atomic E-state index is 0.179. The number of carbonyl (C=O) groups excluding carboxylic acids is 1. The number of amides is 1. The molecule has 2 unspecified atom stereocenters. The van der Waals surface area contributed by atoms with E-state index in [4.69, 9.17) is 38.7 Å². The molecule has 2 aliphatic rings. The van der Waals surface area contributed by atoms with Crippen LogP contribution in [-0.4, -0.2) is 64.6 Å². The highest BCUT2D eigenvalue weighted by molar-refractivity contribution is 6.61. The lowest BCUT2D eigenvalue weighted by Gasteiger charge is -2.40. The van der Waals surface area contributed by atoms with Crippen LogP contribution in [0.4, 0.5) is 17.2 Å². The number of carboxylic acid groups (broad SMARTS) is 1. The summed E-state index contributed by atoms with van der Waals surface area (Å²) in [5, 5.41) is 19.7. The van der Waals surface area contributed by atoms with Gasteiger partial charge in [-0.25, -0.2) is 4.98 Å². The van der Waals surface area contributed by atoms with E-state index in [-0.39, 0.29) is 23.5 Å². The lowest BCUT2D eigenvalue weighted by atomic mass is 9.43. The third kappa shape index (κ3) is 8.28. The molecule has 2 saturated carbocycles. The van der Waals surface area contributed by atoms with Crippen LogP contribution >= 0.6 is 0 Å². The number of aryl methyl sites for hydroxylation is 2. The summed E-state index contributed by atoms with van der Waals surface area (Å²) in [5.74, 6) is 3.34. The van der Waals surface area contributed by atoms with Gasteiger partial charge in [-0.2, -0.15) is 0 Å². The van der Waals surface area contributed by atoms with Crippen LogP contribution in [0, 0.1) is 42.4 Å². The van der Waals surface area contributed by atoms with E-state index in [1.807, 2.05) is 47.6 Å². The Morgan fingerprint density at radius 1 is 1.11 bits per heavy atom. The molecule has 1 amide bonds. The molecule has 6 radical (unpaired) electrons. The number of nitrogens with one attached hydrogen (secondary N) is 2. The highest BCUT2D eigenvalue weighted by Crippen LogP contribution is 2.47. The van der Waals surface area contributed by atoms with Gasteiger partial charge in [0, 0.05) is 7.05 Å². The summed E-state index contributed by atoms with van der Waals surface area (Å²) in [4.78, 5) is 31.6. The van der Waals surface area contributed by atoms with E-state index < -0.39 is 28.3 Å². The van der Waals surface area contributed by atoms with Gasteiger partial charge in [-0.15, -0.1) is 5.92 Å². The SMILES string of the molecule is CC.[B]C([B])([B])C#CC(=O)N(c1ccc(NC)c(C(=N)OC2CCC(C(=O)O)C(C)(C)C2)n1)c1cc(C)c(C)cc1C1CC1. The molecule has 44 heavy (non-hydrogen) atoms. The summed E-state index contributed by atoms with van der Waals surface area (Å²) in [7, 11) is 18.6. The van der Waals surface area contributed by atoms with Crippen molar-refractivity contribution in [3.8, 4) is 11.8 Å². The fourth-order valence-corrected chi connectivity index (χ4v) is 5.60. The second-order valence-electron chi connectivity index (χ2n) is 12.1. The highest BCUT2D eigenvalue weighted by atomic mass is 16.5. The summed E-state index contributed by atoms with van der Waals surface area (Å²) in [6, 6.07) is 7.45. The minimum Gasteiger partial charge on any atom is -0.481 e. The molecule has 0 bridgehead atoms. The maximum Gasteiger partial charge on any atom is 0.308 e. The Morgan fingerprint density at radius 2 is 1.75 bits per heavy atom. The van der Waals surface area contributed by atoms with Gasteiger partial charge in [-0.05, 0) is 98.1 Å². The molecule has 3 N–H and O–H groups in total. The summed E-state index contributed by atoms with van der Waals surface area (Å²) in [6.45, 7) is 11.8. The van der Waals surface area contributed by atoms with Crippen LogP contribution < -0.4 is 10.2 Å². The van der Waals surface area contributed by atoms with E-state index >= 15 is 0 Å². The number of carbonyl (C=O) groups is 2. The van der Waals surface area contributed by atoms with Crippen molar-refractivity contribution in [2.24, 2.45) is 11.3 Å². The van der Waals surface area contributed by atoms with Crippen LogP contribution in [0.15, 0.2) is 24.3 Å². The number of aliphatic carboxylic acids is 1. The molecular formula is C33H41B3N4O4. The second-order valence-corrected chi connectivity index (χ2v) is 12.1. The van der Waals surface area contributed by atoms with E-state index in [1.54, 1.807) is 19.2 Å². The molecular weight excluding hydrogens is 549 g/mol. The van der Waals surface area contributed by atoms with E-state index in [0.29, 0.717) is 36.6 Å². The van der Waals surface area contributed by atoms with Crippen molar-refractivity contribution in [3.05, 3.63) is 46.6 Å². The first kappa shape index (κ1) is 34.8. The van der Waals surface area contributed by atoms with E-state index in [1.165, 1.54) is 4.90 Å². The molecule has 2 atom stereocenters. The largest absolute Gasteiger partial charge is 0.481 e. The van der Waals surface area contributed by atoms with Gasteiger partial charge in [0.2, 0.25) is 5.90 Å². The Balaban J connectivity index is 0.00000259. The van der Waals surface area contributed by atoms with Crippen molar-refractivity contribution >= 4 is 58.5 Å². The zero-order valence-corrected chi connectivity index (χ0v) is 26.9. The monoisotopic (exact) mass is 590 g/mol. The predicted octanol–water partition coefficient (Wildman–Crippen LogP) is 5.51. The molecule has 0 saturated heterocycles. The van der Waals surface area contributed by atoms with Gasteiger partial charge in [-0.3, -0.25) is 19.9 Å². The fourth-order valence-electron chi connectivity index (χ4n) is 5.60. The average molecular weight is 590 g/mol. The smallest absolute Gasteiger partial charge is 0.308 e. The third-order valence-electron chi connectivity index (χ3n) is 8.14. The number of pyridine rings is 1. The van der Waals surface area contributed by atoms with Gasteiger partial charge >= 0.3 is 11.9 Å². The first-order valence-electron chi connectivity index (χ1n) is 15.1. The number of ether oxygens (including phenoxy) is 1. The fraction of sp³-hybridized carbons (Fsp3) is 0.515. The molecule has 1 heterocycles. The quantitative estimate of drug-likeness (QED) is 0.170. The Labute approximate surface area is 265 Å². The van der Waals surface area contributed by atoms with E-state index in [2.05, 4.69) is 23.2 Å². The lowest BCUT2D eigenvalue weighted by Crippen LogP contribution is -2.40. The molecule has 0 aliphatic heterocycles. The van der Waals surface area contributed by atoms with Crippen LogP contribution in [0.3, 0.4) is 0 Å². The molecule has 0 spiro atoms. The van der Waals surface area contributed by atoms with E-state index in [9.17, 15) is 14.7 Å². The standard InChI is InChI=1S/C31H35B3N4O4.C2H6/c1-17-14-21(19-6-7-19)24(15-18(17)2)38(26(39)12-13-31(32,33)34)25-11-10-23(36-5)27(37-25)28(35)42-20-8-9-22(29(40)41)30(3,4)16-20;1-2/h10-11,14-15,19-20,22,35-36H,6-9,16H2,1-5H3,(H,40,41);1-2H3. The minimum atomic E-state index is -1.86. The third-order valence-corrected chi connectivity index (χ3v) is 8.14.